The lowest BCUT2D eigenvalue weighted by molar-refractivity contribution is 1.10. The summed E-state index contributed by atoms with van der Waals surface area (Å²) in [5, 5.41) is 16.6. The van der Waals surface area contributed by atoms with Gasteiger partial charge >= 0.3 is 0 Å². The number of nitrogens with zero attached hydrogens (tertiary/aromatic N) is 2. The van der Waals surface area contributed by atoms with Gasteiger partial charge in [-0.05, 0) is 28.1 Å². The normalized spacial score (nSPS) is 10.2. The number of benzene rings is 1. The molecule has 0 amide bonds. The van der Waals surface area contributed by atoms with Gasteiger partial charge in [0, 0.05) is 0 Å². The fraction of sp³-hybridized carbons (Fsp3) is 0. The van der Waals surface area contributed by atoms with Crippen molar-refractivity contribution in [2.24, 2.45) is 0 Å². The van der Waals surface area contributed by atoms with E-state index in [1.807, 2.05) is 6.07 Å². The molecule has 1 heterocycles. The molecule has 0 saturated carbocycles. The van der Waals surface area contributed by atoms with Gasteiger partial charge in [-0.1, -0.05) is 11.6 Å². The van der Waals surface area contributed by atoms with Crippen molar-refractivity contribution in [1.82, 2.24) is 10.2 Å². The van der Waals surface area contributed by atoms with Gasteiger partial charge in [-0.25, -0.2) is 0 Å². The maximum atomic E-state index is 8.73. The highest BCUT2D eigenvalue weighted by Gasteiger charge is 2.10. The predicted octanol–water partition coefficient (Wildman–Crippen LogP) is 2.85. The van der Waals surface area contributed by atoms with E-state index < -0.39 is 0 Å². The number of nitrogens with one attached hydrogen (secondary N) is 1. The molecule has 2 rings (SSSR count). The summed E-state index contributed by atoms with van der Waals surface area (Å²) in [7, 11) is 0. The van der Waals surface area contributed by atoms with Gasteiger partial charge in [0.1, 0.15) is 10.7 Å². The third kappa shape index (κ3) is 1.21. The molecule has 1 aromatic carbocycles. The van der Waals surface area contributed by atoms with Crippen molar-refractivity contribution in [1.29, 1.82) is 5.26 Å². The fourth-order valence-electron chi connectivity index (χ4n) is 1.12. The molecule has 13 heavy (non-hydrogen) atoms. The molecule has 0 aliphatic carbocycles. The first kappa shape index (κ1) is 8.54. The zero-order valence-electron chi connectivity index (χ0n) is 6.31. The molecule has 1 N–H and O–H groups in total. The standard InChI is InChI=1S/C8H3BrClN3/c9-8-6-5(12-13-8)2-1-4(3-11)7(6)10/h1-2H,(H,12,13). The van der Waals surface area contributed by atoms with Crippen molar-refractivity contribution in [2.75, 3.05) is 0 Å². The summed E-state index contributed by atoms with van der Waals surface area (Å²) in [6.45, 7) is 0. The molecule has 1 aromatic heterocycles. The number of nitriles is 1. The van der Waals surface area contributed by atoms with Gasteiger partial charge in [0.15, 0.2) is 0 Å². The van der Waals surface area contributed by atoms with E-state index >= 15 is 0 Å². The highest BCUT2D eigenvalue weighted by atomic mass is 79.9. The van der Waals surface area contributed by atoms with E-state index in [-0.39, 0.29) is 0 Å². The molecular weight excluding hydrogens is 253 g/mol. The topological polar surface area (TPSA) is 52.5 Å². The average molecular weight is 256 g/mol. The van der Waals surface area contributed by atoms with Crippen molar-refractivity contribution in [3.05, 3.63) is 27.3 Å². The number of rotatable bonds is 0. The Morgan fingerprint density at radius 2 is 2.31 bits per heavy atom. The molecule has 0 radical (unpaired) electrons. The maximum absolute atomic E-state index is 8.73. The first-order valence-electron chi connectivity index (χ1n) is 3.46. The second-order valence-corrected chi connectivity index (χ2v) is 3.64. The minimum atomic E-state index is 0.431. The van der Waals surface area contributed by atoms with Gasteiger partial charge < -0.3 is 0 Å². The van der Waals surface area contributed by atoms with E-state index in [1.54, 1.807) is 12.1 Å². The number of aromatic amines is 1. The van der Waals surface area contributed by atoms with E-state index in [1.165, 1.54) is 0 Å². The Balaban J connectivity index is 2.93. The highest BCUT2D eigenvalue weighted by Crippen LogP contribution is 2.30. The first-order valence-corrected chi connectivity index (χ1v) is 4.63. The molecule has 0 atom stereocenters. The van der Waals surface area contributed by atoms with E-state index in [0.717, 1.165) is 10.9 Å². The van der Waals surface area contributed by atoms with Crippen LogP contribution in [-0.2, 0) is 0 Å². The van der Waals surface area contributed by atoms with Crippen LogP contribution in [0.2, 0.25) is 5.02 Å². The maximum Gasteiger partial charge on any atom is 0.110 e. The monoisotopic (exact) mass is 255 g/mol. The predicted molar refractivity (Wildman–Crippen MR) is 53.5 cm³/mol. The molecule has 0 saturated heterocycles. The number of hydrogen-bond donors (Lipinski definition) is 1. The third-order valence-corrected chi connectivity index (χ3v) is 2.70. The van der Waals surface area contributed by atoms with Crippen LogP contribution in [0.15, 0.2) is 16.7 Å². The molecule has 0 unspecified atom stereocenters. The Morgan fingerprint density at radius 3 is 3.00 bits per heavy atom. The quantitative estimate of drug-likeness (QED) is 0.788. The number of H-pyrrole nitrogens is 1. The molecule has 0 aliphatic heterocycles. The lowest BCUT2D eigenvalue weighted by Gasteiger charge is -1.95. The van der Waals surface area contributed by atoms with Gasteiger partial charge in [-0.3, -0.25) is 5.10 Å². The lowest BCUT2D eigenvalue weighted by Crippen LogP contribution is -1.77. The molecule has 2 aromatic rings. The highest BCUT2D eigenvalue weighted by molar-refractivity contribution is 9.10. The van der Waals surface area contributed by atoms with Crippen LogP contribution < -0.4 is 0 Å². The van der Waals surface area contributed by atoms with Crippen molar-refractivity contribution in [3.63, 3.8) is 0 Å². The summed E-state index contributed by atoms with van der Waals surface area (Å²) in [5.74, 6) is 0. The summed E-state index contributed by atoms with van der Waals surface area (Å²) < 4.78 is 0.699. The first-order chi connectivity index (χ1) is 6.24. The zero-order valence-corrected chi connectivity index (χ0v) is 8.65. The molecule has 64 valence electrons. The molecule has 0 aliphatic rings. The summed E-state index contributed by atoms with van der Waals surface area (Å²) in [6, 6.07) is 5.41. The Bertz CT molecular complexity index is 512. The molecule has 5 heteroatoms. The van der Waals surface area contributed by atoms with Crippen LogP contribution in [-0.4, -0.2) is 10.2 Å². The Morgan fingerprint density at radius 1 is 1.54 bits per heavy atom. The smallest absolute Gasteiger partial charge is 0.110 e. The molecular formula is C8H3BrClN3. The van der Waals surface area contributed by atoms with Crippen molar-refractivity contribution in [3.8, 4) is 6.07 Å². The van der Waals surface area contributed by atoms with Gasteiger partial charge in [-0.2, -0.15) is 10.4 Å². The number of aromatic nitrogens is 2. The third-order valence-electron chi connectivity index (χ3n) is 1.73. The molecule has 0 bridgehead atoms. The minimum Gasteiger partial charge on any atom is -0.270 e. The van der Waals surface area contributed by atoms with Crippen LogP contribution in [0.5, 0.6) is 0 Å². The van der Waals surface area contributed by atoms with Gasteiger partial charge in [0.25, 0.3) is 0 Å². The van der Waals surface area contributed by atoms with Crippen molar-refractivity contribution < 1.29 is 0 Å². The molecule has 3 nitrogen and oxygen atoms in total. The van der Waals surface area contributed by atoms with Crippen LogP contribution in [0.3, 0.4) is 0 Å². The Kier molecular flexibility index (Phi) is 1.98. The van der Waals surface area contributed by atoms with Gasteiger partial charge in [0.2, 0.25) is 0 Å². The fourth-order valence-corrected chi connectivity index (χ4v) is 2.02. The van der Waals surface area contributed by atoms with Gasteiger partial charge in [0.05, 0.1) is 21.5 Å². The van der Waals surface area contributed by atoms with E-state index in [4.69, 9.17) is 16.9 Å². The van der Waals surface area contributed by atoms with E-state index in [2.05, 4.69) is 26.1 Å². The van der Waals surface area contributed by atoms with Gasteiger partial charge in [-0.15, -0.1) is 0 Å². The second kappa shape index (κ2) is 3.02. The number of halogens is 2. The van der Waals surface area contributed by atoms with Crippen LogP contribution >= 0.6 is 27.5 Å². The minimum absolute atomic E-state index is 0.431. The van der Waals surface area contributed by atoms with Crippen LogP contribution in [0.25, 0.3) is 10.9 Å². The molecule has 0 fully saturated rings. The SMILES string of the molecule is N#Cc1ccc2n[nH]c(Br)c2c1Cl. The van der Waals surface area contributed by atoms with Crippen molar-refractivity contribution >= 4 is 38.4 Å². The second-order valence-electron chi connectivity index (χ2n) is 2.47. The number of hydrogen-bond acceptors (Lipinski definition) is 2. The van der Waals surface area contributed by atoms with Crippen LogP contribution in [0, 0.1) is 11.3 Å². The zero-order chi connectivity index (χ0) is 9.42. The lowest BCUT2D eigenvalue weighted by atomic mass is 10.2. The summed E-state index contributed by atoms with van der Waals surface area (Å²) in [5.41, 5.74) is 1.20. The summed E-state index contributed by atoms with van der Waals surface area (Å²) >= 11 is 9.24. The average Bonchev–Trinajstić information content (AvgIpc) is 2.49. The largest absolute Gasteiger partial charge is 0.270 e. The Labute approximate surface area is 87.4 Å². The number of fused-ring (bicyclic) bond motifs is 1. The molecule has 0 spiro atoms. The van der Waals surface area contributed by atoms with Crippen molar-refractivity contribution in [2.45, 2.75) is 0 Å². The van der Waals surface area contributed by atoms with Crippen LogP contribution in [0.1, 0.15) is 5.56 Å². The van der Waals surface area contributed by atoms with E-state index in [9.17, 15) is 0 Å². The Hall–Kier alpha value is -1.05. The summed E-state index contributed by atoms with van der Waals surface area (Å²) in [6.07, 6.45) is 0. The summed E-state index contributed by atoms with van der Waals surface area (Å²) in [4.78, 5) is 0. The van der Waals surface area contributed by atoms with E-state index in [0.29, 0.717) is 15.2 Å². The van der Waals surface area contributed by atoms with Crippen LogP contribution in [0.4, 0.5) is 0 Å².